The molecule has 0 aliphatic heterocycles. The first kappa shape index (κ1) is 16.2. The van der Waals surface area contributed by atoms with Crippen LogP contribution in [-0.4, -0.2) is 47.7 Å². The molecule has 0 radical (unpaired) electrons. The van der Waals surface area contributed by atoms with Gasteiger partial charge >= 0.3 is 5.97 Å². The van der Waals surface area contributed by atoms with E-state index in [1.165, 1.54) is 18.9 Å². The van der Waals surface area contributed by atoms with Gasteiger partial charge in [-0.25, -0.2) is 0 Å². The predicted molar refractivity (Wildman–Crippen MR) is 67.9 cm³/mol. The van der Waals surface area contributed by atoms with Crippen LogP contribution in [0.1, 0.15) is 26.7 Å². The average Bonchev–Trinajstić information content (AvgIpc) is 2.30. The SMILES string of the molecule is COC(=O)CCCNC(=O)CSC(C)C(C)O. The van der Waals surface area contributed by atoms with Crippen LogP contribution in [-0.2, 0) is 14.3 Å². The fraction of sp³-hybridized carbons (Fsp3) is 0.818. The number of aliphatic hydroxyl groups excluding tert-OH is 1. The average molecular weight is 263 g/mol. The van der Waals surface area contributed by atoms with Crippen LogP contribution in [0.3, 0.4) is 0 Å². The molecule has 0 fully saturated rings. The van der Waals surface area contributed by atoms with Gasteiger partial charge in [-0.3, -0.25) is 9.59 Å². The Morgan fingerprint density at radius 2 is 2.06 bits per heavy atom. The van der Waals surface area contributed by atoms with Gasteiger partial charge in [0.1, 0.15) is 0 Å². The minimum Gasteiger partial charge on any atom is -0.469 e. The number of methoxy groups -OCH3 is 1. The lowest BCUT2D eigenvalue weighted by Crippen LogP contribution is -2.28. The minimum absolute atomic E-state index is 0.0378. The van der Waals surface area contributed by atoms with E-state index in [4.69, 9.17) is 0 Å². The Morgan fingerprint density at radius 1 is 1.41 bits per heavy atom. The Kier molecular flexibility index (Phi) is 8.89. The molecule has 0 rings (SSSR count). The van der Waals surface area contributed by atoms with Crippen molar-refractivity contribution in [1.29, 1.82) is 0 Å². The topological polar surface area (TPSA) is 75.6 Å². The highest BCUT2D eigenvalue weighted by atomic mass is 32.2. The van der Waals surface area contributed by atoms with Crippen molar-refractivity contribution in [3.05, 3.63) is 0 Å². The van der Waals surface area contributed by atoms with Crippen molar-refractivity contribution in [2.45, 2.75) is 38.0 Å². The Morgan fingerprint density at radius 3 is 2.59 bits per heavy atom. The molecule has 0 aliphatic carbocycles. The summed E-state index contributed by atoms with van der Waals surface area (Å²) in [6.07, 6.45) is 0.468. The molecule has 2 atom stereocenters. The van der Waals surface area contributed by atoms with Crippen molar-refractivity contribution in [3.63, 3.8) is 0 Å². The summed E-state index contributed by atoms with van der Waals surface area (Å²) < 4.78 is 4.48. The summed E-state index contributed by atoms with van der Waals surface area (Å²) in [6, 6.07) is 0. The molecule has 1 amide bonds. The fourth-order valence-corrected chi connectivity index (χ4v) is 1.75. The molecule has 2 N–H and O–H groups in total. The first-order valence-electron chi connectivity index (χ1n) is 5.60. The van der Waals surface area contributed by atoms with Gasteiger partial charge in [0, 0.05) is 18.2 Å². The number of hydrogen-bond acceptors (Lipinski definition) is 5. The Labute approximate surface area is 106 Å². The maximum atomic E-state index is 11.4. The number of ether oxygens (including phenoxy) is 1. The maximum Gasteiger partial charge on any atom is 0.305 e. The molecule has 5 nitrogen and oxygen atoms in total. The molecule has 2 unspecified atom stereocenters. The molecule has 17 heavy (non-hydrogen) atoms. The Bertz CT molecular complexity index is 246. The number of hydrogen-bond donors (Lipinski definition) is 2. The number of rotatable bonds is 8. The molecule has 0 saturated carbocycles. The van der Waals surface area contributed by atoms with Crippen LogP contribution in [0.15, 0.2) is 0 Å². The van der Waals surface area contributed by atoms with Crippen molar-refractivity contribution in [2.24, 2.45) is 0 Å². The van der Waals surface area contributed by atoms with Gasteiger partial charge in [0.25, 0.3) is 0 Å². The highest BCUT2D eigenvalue weighted by Crippen LogP contribution is 2.13. The van der Waals surface area contributed by atoms with Crippen LogP contribution in [0, 0.1) is 0 Å². The predicted octanol–water partition coefficient (Wildman–Crippen LogP) is 0.558. The van der Waals surface area contributed by atoms with Gasteiger partial charge in [-0.05, 0) is 13.3 Å². The minimum atomic E-state index is -0.424. The zero-order valence-corrected chi connectivity index (χ0v) is 11.4. The van der Waals surface area contributed by atoms with Crippen molar-refractivity contribution >= 4 is 23.6 Å². The molecule has 0 saturated heterocycles. The lowest BCUT2D eigenvalue weighted by Gasteiger charge is -2.13. The second-order valence-electron chi connectivity index (χ2n) is 3.79. The third-order valence-corrected chi connectivity index (χ3v) is 3.61. The van der Waals surface area contributed by atoms with E-state index in [0.717, 1.165) is 0 Å². The maximum absolute atomic E-state index is 11.4. The first-order chi connectivity index (χ1) is 7.97. The smallest absolute Gasteiger partial charge is 0.305 e. The van der Waals surface area contributed by atoms with Crippen LogP contribution >= 0.6 is 11.8 Å². The van der Waals surface area contributed by atoms with E-state index in [2.05, 4.69) is 10.1 Å². The summed E-state index contributed by atoms with van der Waals surface area (Å²) in [6.45, 7) is 4.04. The number of esters is 1. The zero-order valence-electron chi connectivity index (χ0n) is 10.6. The van der Waals surface area contributed by atoms with Crippen molar-refractivity contribution in [1.82, 2.24) is 5.32 Å². The van der Waals surface area contributed by atoms with Crippen LogP contribution in [0.25, 0.3) is 0 Å². The molecule has 0 aromatic rings. The Hall–Kier alpha value is -0.750. The van der Waals surface area contributed by atoms with Crippen molar-refractivity contribution in [3.8, 4) is 0 Å². The molecule has 100 valence electrons. The van der Waals surface area contributed by atoms with Crippen LogP contribution in [0.2, 0.25) is 0 Å². The molecule has 0 spiro atoms. The lowest BCUT2D eigenvalue weighted by atomic mass is 10.3. The van der Waals surface area contributed by atoms with E-state index in [-0.39, 0.29) is 17.1 Å². The van der Waals surface area contributed by atoms with Crippen molar-refractivity contribution in [2.75, 3.05) is 19.4 Å². The van der Waals surface area contributed by atoms with Gasteiger partial charge in [-0.2, -0.15) is 0 Å². The lowest BCUT2D eigenvalue weighted by molar-refractivity contribution is -0.140. The summed E-state index contributed by atoms with van der Waals surface area (Å²) in [5.41, 5.74) is 0. The summed E-state index contributed by atoms with van der Waals surface area (Å²) in [5, 5.41) is 12.0. The number of aliphatic hydroxyl groups is 1. The third kappa shape index (κ3) is 9.00. The third-order valence-electron chi connectivity index (χ3n) is 2.26. The van der Waals surface area contributed by atoms with E-state index in [9.17, 15) is 14.7 Å². The van der Waals surface area contributed by atoms with E-state index < -0.39 is 6.10 Å². The molecule has 0 aromatic carbocycles. The van der Waals surface area contributed by atoms with Gasteiger partial charge in [0.15, 0.2) is 0 Å². The molecular weight excluding hydrogens is 242 g/mol. The molecule has 0 bridgehead atoms. The van der Waals surface area contributed by atoms with Gasteiger partial charge in [0.05, 0.1) is 19.0 Å². The molecule has 0 heterocycles. The van der Waals surface area contributed by atoms with Gasteiger partial charge in [-0.1, -0.05) is 6.92 Å². The second-order valence-corrected chi connectivity index (χ2v) is 5.15. The molecule has 0 aliphatic rings. The number of carbonyl (C=O) groups excluding carboxylic acids is 2. The van der Waals surface area contributed by atoms with Gasteiger partial charge < -0.3 is 15.2 Å². The quantitative estimate of drug-likeness (QED) is 0.494. The first-order valence-corrected chi connectivity index (χ1v) is 6.65. The van der Waals surface area contributed by atoms with Gasteiger partial charge in [-0.15, -0.1) is 11.8 Å². The standard InChI is InChI=1S/C11H21NO4S/c1-8(13)9(2)17-7-10(14)12-6-4-5-11(15)16-3/h8-9,13H,4-7H2,1-3H3,(H,12,14). The molecule has 0 aromatic heterocycles. The normalized spacial score (nSPS) is 13.9. The van der Waals surface area contributed by atoms with Crippen LogP contribution in [0.5, 0.6) is 0 Å². The summed E-state index contributed by atoms with van der Waals surface area (Å²) in [7, 11) is 1.34. The number of amides is 1. The van der Waals surface area contributed by atoms with E-state index >= 15 is 0 Å². The number of carbonyl (C=O) groups is 2. The molecule has 6 heteroatoms. The number of nitrogens with one attached hydrogen (secondary N) is 1. The van der Waals surface area contributed by atoms with E-state index in [1.807, 2.05) is 6.92 Å². The summed E-state index contributed by atoms with van der Waals surface area (Å²) in [4.78, 5) is 22.1. The van der Waals surface area contributed by atoms with Crippen LogP contribution < -0.4 is 5.32 Å². The largest absolute Gasteiger partial charge is 0.469 e. The fourth-order valence-electron chi connectivity index (χ4n) is 0.960. The van der Waals surface area contributed by atoms with E-state index in [1.54, 1.807) is 6.92 Å². The zero-order chi connectivity index (χ0) is 13.3. The monoisotopic (exact) mass is 263 g/mol. The van der Waals surface area contributed by atoms with E-state index in [0.29, 0.717) is 25.1 Å². The summed E-state index contributed by atoms with van der Waals surface area (Å²) >= 11 is 1.41. The van der Waals surface area contributed by atoms with Crippen LogP contribution in [0.4, 0.5) is 0 Å². The highest BCUT2D eigenvalue weighted by molar-refractivity contribution is 8.00. The summed E-state index contributed by atoms with van der Waals surface area (Å²) in [5.74, 6) is -0.0201. The second kappa shape index (κ2) is 9.30. The van der Waals surface area contributed by atoms with Gasteiger partial charge in [0.2, 0.25) is 5.91 Å². The van der Waals surface area contributed by atoms with Crippen molar-refractivity contribution < 1.29 is 19.4 Å². The molecular formula is C11H21NO4S. The Balaban J connectivity index is 3.50. The highest BCUT2D eigenvalue weighted by Gasteiger charge is 2.11. The number of thioether (sulfide) groups is 1.